The van der Waals surface area contributed by atoms with Crippen molar-refractivity contribution in [3.8, 4) is 5.75 Å². The number of methoxy groups -OCH3 is 1. The van der Waals surface area contributed by atoms with E-state index in [9.17, 15) is 9.59 Å². The molecule has 0 saturated heterocycles. The fraction of sp³-hybridized carbons (Fsp3) is 0.300. The molecule has 0 radical (unpaired) electrons. The molecule has 2 rings (SSSR count). The molecular weight excluding hydrogens is 318 g/mol. The first kappa shape index (κ1) is 18.5. The van der Waals surface area contributed by atoms with Crippen molar-refractivity contribution in [2.45, 2.75) is 26.3 Å². The van der Waals surface area contributed by atoms with Crippen LogP contribution in [0.4, 0.5) is 0 Å². The molecule has 0 aromatic heterocycles. The first-order chi connectivity index (χ1) is 12.0. The summed E-state index contributed by atoms with van der Waals surface area (Å²) in [7, 11) is 1.62. The van der Waals surface area contributed by atoms with E-state index >= 15 is 0 Å². The lowest BCUT2D eigenvalue weighted by Gasteiger charge is -2.29. The number of carboxylic acid groups (broad SMARTS) is 1. The molecule has 5 nitrogen and oxygen atoms in total. The highest BCUT2D eigenvalue weighted by atomic mass is 16.5. The van der Waals surface area contributed by atoms with E-state index in [1.165, 1.54) is 12.1 Å². The van der Waals surface area contributed by atoms with Gasteiger partial charge < -0.3 is 14.7 Å². The molecule has 0 aliphatic carbocycles. The molecule has 1 atom stereocenters. The minimum absolute atomic E-state index is 0.000829. The average Bonchev–Trinajstić information content (AvgIpc) is 2.62. The lowest BCUT2D eigenvalue weighted by molar-refractivity contribution is -0.132. The van der Waals surface area contributed by atoms with Crippen LogP contribution in [0.15, 0.2) is 48.5 Å². The second-order valence-corrected chi connectivity index (χ2v) is 5.81. The van der Waals surface area contributed by atoms with Crippen LogP contribution in [-0.2, 0) is 11.2 Å². The Hall–Kier alpha value is -2.82. The molecule has 1 amide bonds. The number of hydrogen-bond donors (Lipinski definition) is 1. The van der Waals surface area contributed by atoms with Gasteiger partial charge in [0.15, 0.2) is 0 Å². The van der Waals surface area contributed by atoms with E-state index in [1.54, 1.807) is 24.1 Å². The lowest BCUT2D eigenvalue weighted by Crippen LogP contribution is -2.34. The smallest absolute Gasteiger partial charge is 0.335 e. The van der Waals surface area contributed by atoms with Gasteiger partial charge in [-0.1, -0.05) is 24.3 Å². The number of rotatable bonds is 7. The zero-order valence-corrected chi connectivity index (χ0v) is 14.7. The summed E-state index contributed by atoms with van der Waals surface area (Å²) in [6.07, 6.45) is 0.238. The maximum absolute atomic E-state index is 12.7. The molecule has 0 aliphatic rings. The summed E-state index contributed by atoms with van der Waals surface area (Å²) >= 11 is 0. The number of benzene rings is 2. The van der Waals surface area contributed by atoms with Crippen LogP contribution < -0.4 is 4.74 Å². The molecule has 2 aromatic rings. The van der Waals surface area contributed by atoms with Gasteiger partial charge in [-0.25, -0.2) is 4.79 Å². The molecule has 0 fully saturated rings. The van der Waals surface area contributed by atoms with Crippen molar-refractivity contribution in [1.29, 1.82) is 0 Å². The normalized spacial score (nSPS) is 11.6. The van der Waals surface area contributed by atoms with Crippen LogP contribution in [0.1, 0.15) is 41.4 Å². The number of carbonyl (C=O) groups is 2. The summed E-state index contributed by atoms with van der Waals surface area (Å²) in [6.45, 7) is 4.52. The number of amides is 1. The fourth-order valence-electron chi connectivity index (χ4n) is 2.79. The Morgan fingerprint density at radius 1 is 1.16 bits per heavy atom. The minimum Gasteiger partial charge on any atom is -0.497 e. The lowest BCUT2D eigenvalue weighted by atomic mass is 10.0. The summed E-state index contributed by atoms with van der Waals surface area (Å²) in [5.74, 6) is -0.210. The van der Waals surface area contributed by atoms with E-state index in [-0.39, 0.29) is 23.9 Å². The Kier molecular flexibility index (Phi) is 6.17. The molecular formula is C20H23NO4. The van der Waals surface area contributed by atoms with Crippen molar-refractivity contribution in [1.82, 2.24) is 4.90 Å². The van der Waals surface area contributed by atoms with Crippen LogP contribution in [0.3, 0.4) is 0 Å². The van der Waals surface area contributed by atoms with Crippen molar-refractivity contribution in [2.75, 3.05) is 13.7 Å². The predicted molar refractivity (Wildman–Crippen MR) is 95.9 cm³/mol. The van der Waals surface area contributed by atoms with Crippen molar-refractivity contribution >= 4 is 11.9 Å². The van der Waals surface area contributed by atoms with E-state index < -0.39 is 5.97 Å². The van der Waals surface area contributed by atoms with Gasteiger partial charge in [0.05, 0.1) is 25.1 Å². The van der Waals surface area contributed by atoms with Crippen LogP contribution >= 0.6 is 0 Å². The van der Waals surface area contributed by atoms with Gasteiger partial charge >= 0.3 is 5.97 Å². The van der Waals surface area contributed by atoms with E-state index in [0.717, 1.165) is 16.9 Å². The van der Waals surface area contributed by atoms with Gasteiger partial charge in [0.1, 0.15) is 5.75 Å². The average molecular weight is 341 g/mol. The Balaban J connectivity index is 2.12. The Labute approximate surface area is 147 Å². The number of nitrogens with zero attached hydrogens (tertiary/aromatic N) is 1. The molecule has 2 aromatic carbocycles. The van der Waals surface area contributed by atoms with Gasteiger partial charge in [-0.15, -0.1) is 0 Å². The van der Waals surface area contributed by atoms with Crippen LogP contribution in [0, 0.1) is 0 Å². The number of hydrogen-bond acceptors (Lipinski definition) is 3. The van der Waals surface area contributed by atoms with Gasteiger partial charge in [-0.05, 0) is 49.2 Å². The Morgan fingerprint density at radius 3 is 2.40 bits per heavy atom. The van der Waals surface area contributed by atoms with Gasteiger partial charge in [0, 0.05) is 6.54 Å². The van der Waals surface area contributed by atoms with E-state index in [1.807, 2.05) is 38.1 Å². The monoisotopic (exact) mass is 341 g/mol. The van der Waals surface area contributed by atoms with Crippen LogP contribution in [-0.4, -0.2) is 35.5 Å². The number of likely N-dealkylation sites (N-methyl/N-ethyl adjacent to an activating group) is 1. The second kappa shape index (κ2) is 8.33. The van der Waals surface area contributed by atoms with Crippen LogP contribution in [0.25, 0.3) is 0 Å². The van der Waals surface area contributed by atoms with Crippen molar-refractivity contribution in [3.63, 3.8) is 0 Å². The molecule has 5 heteroatoms. The molecule has 1 N–H and O–H groups in total. The van der Waals surface area contributed by atoms with Crippen molar-refractivity contribution in [3.05, 3.63) is 65.2 Å². The molecule has 0 aliphatic heterocycles. The highest BCUT2D eigenvalue weighted by molar-refractivity contribution is 5.87. The quantitative estimate of drug-likeness (QED) is 0.836. The first-order valence-electron chi connectivity index (χ1n) is 8.22. The van der Waals surface area contributed by atoms with E-state index in [4.69, 9.17) is 9.84 Å². The third-order valence-electron chi connectivity index (χ3n) is 4.26. The minimum atomic E-state index is -0.972. The molecule has 132 valence electrons. The number of carboxylic acids is 1. The van der Waals surface area contributed by atoms with Crippen molar-refractivity contribution < 1.29 is 19.4 Å². The fourth-order valence-corrected chi connectivity index (χ4v) is 2.79. The predicted octanol–water partition coefficient (Wildman–Crippen LogP) is 3.55. The topological polar surface area (TPSA) is 66.8 Å². The second-order valence-electron chi connectivity index (χ2n) is 5.81. The number of aromatic carboxylic acids is 1. The Morgan fingerprint density at radius 2 is 1.84 bits per heavy atom. The zero-order valence-electron chi connectivity index (χ0n) is 14.7. The highest BCUT2D eigenvalue weighted by Gasteiger charge is 2.20. The maximum atomic E-state index is 12.7. The maximum Gasteiger partial charge on any atom is 0.335 e. The molecule has 1 unspecified atom stereocenters. The molecule has 0 saturated carbocycles. The SMILES string of the molecule is CCN(C(=O)Cc1ccc(C(=O)O)cc1)C(C)c1cccc(OC)c1. The van der Waals surface area contributed by atoms with Crippen LogP contribution in [0.2, 0.25) is 0 Å². The summed E-state index contributed by atoms with van der Waals surface area (Å²) in [5, 5.41) is 8.94. The third kappa shape index (κ3) is 4.59. The zero-order chi connectivity index (χ0) is 18.4. The first-order valence-corrected chi connectivity index (χ1v) is 8.22. The van der Waals surface area contributed by atoms with Gasteiger partial charge in [-0.2, -0.15) is 0 Å². The van der Waals surface area contributed by atoms with Crippen molar-refractivity contribution in [2.24, 2.45) is 0 Å². The Bertz CT molecular complexity index is 740. The largest absolute Gasteiger partial charge is 0.497 e. The van der Waals surface area contributed by atoms with E-state index in [2.05, 4.69) is 0 Å². The highest BCUT2D eigenvalue weighted by Crippen LogP contribution is 2.24. The number of ether oxygens (including phenoxy) is 1. The standard InChI is InChI=1S/C20H23NO4/c1-4-21(14(2)17-6-5-7-18(13-17)25-3)19(22)12-15-8-10-16(11-9-15)20(23)24/h5-11,13-14H,4,12H2,1-3H3,(H,23,24). The van der Waals surface area contributed by atoms with E-state index in [0.29, 0.717) is 6.54 Å². The summed E-state index contributed by atoms with van der Waals surface area (Å²) < 4.78 is 5.25. The van der Waals surface area contributed by atoms with Crippen LogP contribution in [0.5, 0.6) is 5.75 Å². The summed E-state index contributed by atoms with van der Waals surface area (Å²) in [5.41, 5.74) is 2.02. The molecule has 25 heavy (non-hydrogen) atoms. The molecule has 0 spiro atoms. The molecule has 0 bridgehead atoms. The summed E-state index contributed by atoms with van der Waals surface area (Å²) in [4.78, 5) is 25.4. The van der Waals surface area contributed by atoms with Gasteiger partial charge in [0.25, 0.3) is 0 Å². The third-order valence-corrected chi connectivity index (χ3v) is 4.26. The number of carbonyl (C=O) groups excluding carboxylic acids is 1. The molecule has 0 heterocycles. The van der Waals surface area contributed by atoms with Gasteiger partial charge in [0.2, 0.25) is 5.91 Å². The summed E-state index contributed by atoms with van der Waals surface area (Å²) in [6, 6.07) is 14.0. The van der Waals surface area contributed by atoms with Gasteiger partial charge in [-0.3, -0.25) is 4.79 Å².